The summed E-state index contributed by atoms with van der Waals surface area (Å²) >= 11 is 0. The maximum absolute atomic E-state index is 14.3. The second kappa shape index (κ2) is 12.0. The Labute approximate surface area is 264 Å². The van der Waals surface area contributed by atoms with Crippen LogP contribution in [0.1, 0.15) is 52.0 Å². The lowest BCUT2D eigenvalue weighted by Gasteiger charge is -2.38. The lowest BCUT2D eigenvalue weighted by Crippen LogP contribution is -2.48. The predicted molar refractivity (Wildman–Crippen MR) is 172 cm³/mol. The standard InChI is InChI=1S/C34H31N9O3/c1-22-29(32-35-14-7-15-41(32)39-22)33(45)37-23(2)31-38-28-11-6-8-25(30(28)34(46)43(31)26-9-4-3-5-10-26)13-12-24-18-36-42(19-24)27-20-40(21-27)16-17-44/h3-11,14-15,18-19,23,27,44H,16-17,20-21H2,1-2H3,(H,37,45)/t23-/m0/s1. The number of β-amino-alcohol motifs (C(OH)–C–C–N with tert-alkyl or cyclic N) is 1. The molecule has 46 heavy (non-hydrogen) atoms. The van der Waals surface area contributed by atoms with Crippen molar-refractivity contribution in [3.05, 3.63) is 118 Å². The van der Waals surface area contributed by atoms with E-state index in [1.807, 2.05) is 53.3 Å². The molecule has 7 rings (SSSR count). The Kier molecular flexibility index (Phi) is 7.61. The SMILES string of the molecule is Cc1nn2cccnc2c1C(=O)N[C@@H](C)c1nc2cccc(C#Cc3cnn(C4CN(CCO)C4)c3)c2c(=O)n1-c1ccccc1. The van der Waals surface area contributed by atoms with Crippen LogP contribution in [0, 0.1) is 18.8 Å². The van der Waals surface area contributed by atoms with Crippen molar-refractivity contribution < 1.29 is 9.90 Å². The average molecular weight is 614 g/mol. The summed E-state index contributed by atoms with van der Waals surface area (Å²) in [5.41, 5.74) is 3.43. The fourth-order valence-electron chi connectivity index (χ4n) is 5.84. The summed E-state index contributed by atoms with van der Waals surface area (Å²) in [6.45, 7) is 6.03. The quantitative estimate of drug-likeness (QED) is 0.263. The summed E-state index contributed by atoms with van der Waals surface area (Å²) < 4.78 is 5.00. The molecular weight excluding hydrogens is 582 g/mol. The molecule has 1 aliphatic heterocycles. The summed E-state index contributed by atoms with van der Waals surface area (Å²) in [4.78, 5) is 39.3. The van der Waals surface area contributed by atoms with Gasteiger partial charge in [0, 0.05) is 43.8 Å². The van der Waals surface area contributed by atoms with Crippen molar-refractivity contribution in [3.8, 4) is 17.5 Å². The largest absolute Gasteiger partial charge is 0.395 e. The summed E-state index contributed by atoms with van der Waals surface area (Å²) in [6, 6.07) is 16.0. The number of benzene rings is 2. The number of fused-ring (bicyclic) bond motifs is 2. The van der Waals surface area contributed by atoms with Crippen LogP contribution in [0.3, 0.4) is 0 Å². The maximum Gasteiger partial charge on any atom is 0.267 e. The van der Waals surface area contributed by atoms with Crippen LogP contribution in [0.5, 0.6) is 0 Å². The highest BCUT2D eigenvalue weighted by atomic mass is 16.3. The lowest BCUT2D eigenvalue weighted by molar-refractivity contribution is 0.0774. The van der Waals surface area contributed by atoms with Gasteiger partial charge < -0.3 is 10.4 Å². The predicted octanol–water partition coefficient (Wildman–Crippen LogP) is 2.67. The van der Waals surface area contributed by atoms with E-state index in [0.717, 1.165) is 18.7 Å². The number of hydrogen-bond acceptors (Lipinski definition) is 8. The fourth-order valence-corrected chi connectivity index (χ4v) is 5.84. The molecule has 1 atom stereocenters. The van der Waals surface area contributed by atoms with Crippen LogP contribution in [0.4, 0.5) is 0 Å². The first-order valence-corrected chi connectivity index (χ1v) is 15.0. The highest BCUT2D eigenvalue weighted by Gasteiger charge is 2.28. The molecule has 2 N–H and O–H groups in total. The summed E-state index contributed by atoms with van der Waals surface area (Å²) in [6.07, 6.45) is 6.98. The van der Waals surface area contributed by atoms with Gasteiger partial charge in [0.15, 0.2) is 5.65 Å². The number of para-hydroxylation sites is 1. The minimum atomic E-state index is -0.650. The van der Waals surface area contributed by atoms with Gasteiger partial charge in [0.1, 0.15) is 11.4 Å². The molecule has 12 heteroatoms. The Hall–Kier alpha value is -5.64. The zero-order valence-corrected chi connectivity index (χ0v) is 25.3. The Bertz CT molecular complexity index is 2200. The molecular formula is C34H31N9O3. The molecule has 0 radical (unpaired) electrons. The van der Waals surface area contributed by atoms with E-state index in [0.29, 0.717) is 51.4 Å². The minimum Gasteiger partial charge on any atom is -0.395 e. The van der Waals surface area contributed by atoms with E-state index < -0.39 is 6.04 Å². The van der Waals surface area contributed by atoms with Crippen LogP contribution in [0.2, 0.25) is 0 Å². The number of likely N-dealkylation sites (tertiary alicyclic amines) is 1. The molecule has 1 saturated heterocycles. The molecule has 12 nitrogen and oxygen atoms in total. The number of aromatic nitrogens is 7. The number of nitrogens with one attached hydrogen (secondary N) is 1. The van der Waals surface area contributed by atoms with Crippen LogP contribution < -0.4 is 10.9 Å². The first-order chi connectivity index (χ1) is 22.4. The number of carbonyl (C=O) groups is 1. The van der Waals surface area contributed by atoms with Crippen LogP contribution in [-0.4, -0.2) is 76.1 Å². The van der Waals surface area contributed by atoms with Crippen LogP contribution in [0.25, 0.3) is 22.2 Å². The van der Waals surface area contributed by atoms with Gasteiger partial charge in [-0.1, -0.05) is 36.1 Å². The molecule has 0 spiro atoms. The average Bonchev–Trinajstić information content (AvgIpc) is 3.65. The van der Waals surface area contributed by atoms with Crippen molar-refractivity contribution in [2.24, 2.45) is 0 Å². The summed E-state index contributed by atoms with van der Waals surface area (Å²) in [5, 5.41) is 21.4. The van der Waals surface area contributed by atoms with Gasteiger partial charge in [0.05, 0.1) is 52.7 Å². The number of carbonyl (C=O) groups excluding carboxylic acids is 1. The second-order valence-electron chi connectivity index (χ2n) is 11.3. The number of aliphatic hydroxyl groups is 1. The molecule has 0 unspecified atom stereocenters. The Morgan fingerprint density at radius 2 is 1.93 bits per heavy atom. The van der Waals surface area contributed by atoms with Crippen molar-refractivity contribution in [2.75, 3.05) is 26.2 Å². The zero-order valence-electron chi connectivity index (χ0n) is 25.3. The second-order valence-corrected chi connectivity index (χ2v) is 11.3. The number of amides is 1. The van der Waals surface area contributed by atoms with Gasteiger partial charge in [-0.2, -0.15) is 10.2 Å². The van der Waals surface area contributed by atoms with E-state index in [1.54, 1.807) is 49.1 Å². The molecule has 2 aromatic carbocycles. The van der Waals surface area contributed by atoms with Gasteiger partial charge >= 0.3 is 0 Å². The van der Waals surface area contributed by atoms with Crippen molar-refractivity contribution in [3.63, 3.8) is 0 Å². The van der Waals surface area contributed by atoms with Crippen molar-refractivity contribution >= 4 is 22.5 Å². The number of aliphatic hydroxyl groups excluding tert-OH is 1. The van der Waals surface area contributed by atoms with Crippen LogP contribution in [-0.2, 0) is 0 Å². The van der Waals surface area contributed by atoms with Gasteiger partial charge in [-0.25, -0.2) is 14.5 Å². The zero-order chi connectivity index (χ0) is 31.8. The normalized spacial score (nSPS) is 14.2. The van der Waals surface area contributed by atoms with Crippen LogP contribution in [0.15, 0.2) is 84.2 Å². The molecule has 5 heterocycles. The molecule has 0 bridgehead atoms. The van der Waals surface area contributed by atoms with E-state index in [-0.39, 0.29) is 24.1 Å². The fraction of sp³-hybridized carbons (Fsp3) is 0.235. The molecule has 1 fully saturated rings. The van der Waals surface area contributed by atoms with E-state index >= 15 is 0 Å². The maximum atomic E-state index is 14.3. The van der Waals surface area contributed by atoms with Gasteiger partial charge in [0.2, 0.25) is 0 Å². The van der Waals surface area contributed by atoms with Crippen molar-refractivity contribution in [1.29, 1.82) is 0 Å². The van der Waals surface area contributed by atoms with Crippen molar-refractivity contribution in [1.82, 2.24) is 44.1 Å². The molecule has 230 valence electrons. The van der Waals surface area contributed by atoms with E-state index in [4.69, 9.17) is 10.1 Å². The van der Waals surface area contributed by atoms with Crippen LogP contribution >= 0.6 is 0 Å². The highest BCUT2D eigenvalue weighted by Crippen LogP contribution is 2.23. The lowest BCUT2D eigenvalue weighted by atomic mass is 10.1. The van der Waals surface area contributed by atoms with Crippen molar-refractivity contribution in [2.45, 2.75) is 25.9 Å². The molecule has 1 amide bonds. The Morgan fingerprint density at radius 1 is 1.11 bits per heavy atom. The number of hydrogen-bond donors (Lipinski definition) is 2. The van der Waals surface area contributed by atoms with Gasteiger partial charge in [-0.05, 0) is 44.2 Å². The van der Waals surface area contributed by atoms with E-state index in [1.165, 1.54) is 4.57 Å². The number of rotatable bonds is 7. The van der Waals surface area contributed by atoms with Gasteiger partial charge in [-0.15, -0.1) is 0 Å². The summed E-state index contributed by atoms with van der Waals surface area (Å²) in [7, 11) is 0. The Morgan fingerprint density at radius 3 is 2.74 bits per heavy atom. The third-order valence-corrected chi connectivity index (χ3v) is 8.14. The molecule has 6 aromatic rings. The smallest absolute Gasteiger partial charge is 0.267 e. The number of nitrogens with zero attached hydrogens (tertiary/aromatic N) is 8. The van der Waals surface area contributed by atoms with E-state index in [2.05, 4.69) is 37.2 Å². The highest BCUT2D eigenvalue weighted by molar-refractivity contribution is 6.01. The topological polar surface area (TPSA) is 135 Å². The first kappa shape index (κ1) is 29.1. The molecule has 4 aromatic heterocycles. The first-order valence-electron chi connectivity index (χ1n) is 15.0. The van der Waals surface area contributed by atoms with Gasteiger partial charge in [-0.3, -0.25) is 23.7 Å². The number of aryl methyl sites for hydroxylation is 1. The minimum absolute atomic E-state index is 0.143. The third kappa shape index (κ3) is 5.32. The van der Waals surface area contributed by atoms with E-state index in [9.17, 15) is 9.59 Å². The molecule has 0 saturated carbocycles. The summed E-state index contributed by atoms with van der Waals surface area (Å²) in [5.74, 6) is 6.35. The third-order valence-electron chi connectivity index (χ3n) is 8.14. The molecule has 1 aliphatic rings. The monoisotopic (exact) mass is 613 g/mol. The van der Waals surface area contributed by atoms with Gasteiger partial charge in [0.25, 0.3) is 11.5 Å². The Balaban J connectivity index is 1.25. The molecule has 0 aliphatic carbocycles.